The Balaban J connectivity index is 2.24. The third-order valence-corrected chi connectivity index (χ3v) is 2.91. The van der Waals surface area contributed by atoms with Crippen LogP contribution in [0.15, 0.2) is 0 Å². The van der Waals surface area contributed by atoms with E-state index < -0.39 is 0 Å². The van der Waals surface area contributed by atoms with Gasteiger partial charge in [-0.1, -0.05) is 12.8 Å². The molecule has 1 fully saturated rings. The van der Waals surface area contributed by atoms with Crippen molar-refractivity contribution in [3.05, 3.63) is 0 Å². The van der Waals surface area contributed by atoms with E-state index in [4.69, 9.17) is 17.0 Å². The average Bonchev–Trinajstić information content (AvgIpc) is 2.70. The number of esters is 1. The molecule has 1 aliphatic carbocycles. The Morgan fingerprint density at radius 2 is 2.12 bits per heavy atom. The number of hydrogen-bond donors (Lipinski definition) is 2. The van der Waals surface area contributed by atoms with E-state index in [1.807, 2.05) is 0 Å². The van der Waals surface area contributed by atoms with Crippen LogP contribution in [0, 0.1) is 0 Å². The molecule has 0 amide bonds. The van der Waals surface area contributed by atoms with Crippen LogP contribution in [-0.2, 0) is 9.53 Å². The van der Waals surface area contributed by atoms with Gasteiger partial charge in [-0.05, 0) is 38.9 Å². The first-order valence-corrected chi connectivity index (χ1v) is 6.28. The normalized spacial score (nSPS) is 17.9. The molecular formula is C11H20N2O2S. The van der Waals surface area contributed by atoms with Crippen molar-refractivity contribution >= 4 is 23.3 Å². The van der Waals surface area contributed by atoms with Crippen LogP contribution in [0.4, 0.5) is 0 Å². The summed E-state index contributed by atoms with van der Waals surface area (Å²) >= 11 is 5.14. The maximum absolute atomic E-state index is 11.3. The van der Waals surface area contributed by atoms with Gasteiger partial charge in [-0.15, -0.1) is 0 Å². The molecule has 1 rings (SSSR count). The van der Waals surface area contributed by atoms with Crippen LogP contribution in [0.2, 0.25) is 0 Å². The van der Waals surface area contributed by atoms with Crippen LogP contribution in [-0.4, -0.2) is 29.8 Å². The summed E-state index contributed by atoms with van der Waals surface area (Å²) in [6, 6.07) is 0.0794. The third-order valence-electron chi connectivity index (χ3n) is 2.68. The van der Waals surface area contributed by atoms with Gasteiger partial charge in [-0.2, -0.15) is 0 Å². The molecule has 5 heteroatoms. The van der Waals surface area contributed by atoms with Crippen molar-refractivity contribution in [2.75, 3.05) is 6.61 Å². The van der Waals surface area contributed by atoms with E-state index in [-0.39, 0.29) is 12.0 Å². The van der Waals surface area contributed by atoms with Gasteiger partial charge in [0.15, 0.2) is 5.11 Å². The summed E-state index contributed by atoms with van der Waals surface area (Å²) in [5.74, 6) is -0.266. The van der Waals surface area contributed by atoms with Crippen molar-refractivity contribution in [2.45, 2.75) is 51.6 Å². The van der Waals surface area contributed by atoms with E-state index in [9.17, 15) is 4.79 Å². The van der Waals surface area contributed by atoms with Gasteiger partial charge in [-0.3, -0.25) is 0 Å². The highest BCUT2D eigenvalue weighted by Gasteiger charge is 2.18. The van der Waals surface area contributed by atoms with Crippen LogP contribution in [0.25, 0.3) is 0 Å². The number of thiocarbonyl (C=S) groups is 1. The van der Waals surface area contributed by atoms with Crippen molar-refractivity contribution in [2.24, 2.45) is 0 Å². The smallest absolute Gasteiger partial charge is 0.328 e. The summed E-state index contributed by atoms with van der Waals surface area (Å²) in [5, 5.41) is 6.70. The predicted molar refractivity (Wildman–Crippen MR) is 67.2 cm³/mol. The van der Waals surface area contributed by atoms with Gasteiger partial charge >= 0.3 is 5.97 Å². The van der Waals surface area contributed by atoms with Gasteiger partial charge < -0.3 is 15.4 Å². The van der Waals surface area contributed by atoms with Crippen LogP contribution >= 0.6 is 12.2 Å². The van der Waals surface area contributed by atoms with Gasteiger partial charge in [0, 0.05) is 6.04 Å². The van der Waals surface area contributed by atoms with Crippen molar-refractivity contribution in [1.29, 1.82) is 0 Å². The minimum atomic E-state index is -0.388. The van der Waals surface area contributed by atoms with Crippen LogP contribution < -0.4 is 10.6 Å². The molecule has 0 aromatic carbocycles. The summed E-state index contributed by atoms with van der Waals surface area (Å²) in [7, 11) is 0. The van der Waals surface area contributed by atoms with Crippen molar-refractivity contribution in [3.63, 3.8) is 0 Å². The molecule has 92 valence electrons. The standard InChI is InChI=1S/C11H20N2O2S/c1-3-15-10(14)8(2)12-11(16)13-9-6-4-5-7-9/h8-9H,3-7H2,1-2H3,(H2,12,13,16). The monoisotopic (exact) mass is 244 g/mol. The number of hydrogen-bond acceptors (Lipinski definition) is 3. The molecule has 0 aliphatic heterocycles. The number of rotatable bonds is 4. The highest BCUT2D eigenvalue weighted by atomic mass is 32.1. The molecule has 0 bridgehead atoms. The van der Waals surface area contributed by atoms with Crippen LogP contribution in [0.3, 0.4) is 0 Å². The fraction of sp³-hybridized carbons (Fsp3) is 0.818. The van der Waals surface area contributed by atoms with Gasteiger partial charge in [0.25, 0.3) is 0 Å². The molecular weight excluding hydrogens is 224 g/mol. The number of carbonyl (C=O) groups excluding carboxylic acids is 1. The lowest BCUT2D eigenvalue weighted by Crippen LogP contribution is -2.47. The zero-order valence-corrected chi connectivity index (χ0v) is 10.7. The molecule has 1 atom stereocenters. The molecule has 0 aromatic rings. The third kappa shape index (κ3) is 4.35. The molecule has 0 spiro atoms. The number of nitrogens with one attached hydrogen (secondary N) is 2. The molecule has 0 aromatic heterocycles. The Kier molecular flexibility index (Phi) is 5.52. The van der Waals surface area contributed by atoms with Gasteiger partial charge in [0.2, 0.25) is 0 Å². The molecule has 4 nitrogen and oxygen atoms in total. The fourth-order valence-corrected chi connectivity index (χ4v) is 2.16. The lowest BCUT2D eigenvalue weighted by atomic mass is 10.2. The predicted octanol–water partition coefficient (Wildman–Crippen LogP) is 1.34. The van der Waals surface area contributed by atoms with E-state index in [2.05, 4.69) is 10.6 Å². The molecule has 0 radical (unpaired) electrons. The van der Waals surface area contributed by atoms with Gasteiger partial charge in [-0.25, -0.2) is 4.79 Å². The Morgan fingerprint density at radius 3 is 2.69 bits per heavy atom. The van der Waals surface area contributed by atoms with Gasteiger partial charge in [0.05, 0.1) is 6.61 Å². The lowest BCUT2D eigenvalue weighted by Gasteiger charge is -2.18. The molecule has 0 heterocycles. The second-order valence-corrected chi connectivity index (χ2v) is 4.48. The van der Waals surface area contributed by atoms with Crippen LogP contribution in [0.5, 0.6) is 0 Å². The molecule has 1 saturated carbocycles. The van der Waals surface area contributed by atoms with E-state index >= 15 is 0 Å². The second-order valence-electron chi connectivity index (χ2n) is 4.07. The Labute approximate surface area is 102 Å². The van der Waals surface area contributed by atoms with Crippen molar-refractivity contribution in [1.82, 2.24) is 10.6 Å². The summed E-state index contributed by atoms with van der Waals surface area (Å²) in [6.07, 6.45) is 4.84. The molecule has 0 saturated heterocycles. The Hall–Kier alpha value is -0.840. The maximum Gasteiger partial charge on any atom is 0.328 e. The minimum Gasteiger partial charge on any atom is -0.464 e. The number of carbonyl (C=O) groups is 1. The van der Waals surface area contributed by atoms with Gasteiger partial charge in [0.1, 0.15) is 6.04 Å². The average molecular weight is 244 g/mol. The highest BCUT2D eigenvalue weighted by molar-refractivity contribution is 7.80. The van der Waals surface area contributed by atoms with E-state index in [0.29, 0.717) is 17.8 Å². The first-order chi connectivity index (χ1) is 7.63. The van der Waals surface area contributed by atoms with Crippen molar-refractivity contribution < 1.29 is 9.53 Å². The van der Waals surface area contributed by atoms with Crippen LogP contribution in [0.1, 0.15) is 39.5 Å². The Bertz CT molecular complexity index is 252. The first kappa shape index (κ1) is 13.2. The molecule has 1 aliphatic rings. The largest absolute Gasteiger partial charge is 0.464 e. The zero-order valence-electron chi connectivity index (χ0n) is 9.91. The van der Waals surface area contributed by atoms with E-state index in [1.165, 1.54) is 12.8 Å². The quantitative estimate of drug-likeness (QED) is 0.577. The maximum atomic E-state index is 11.3. The second kappa shape index (κ2) is 6.68. The fourth-order valence-electron chi connectivity index (χ4n) is 1.82. The highest BCUT2D eigenvalue weighted by Crippen LogP contribution is 2.17. The summed E-state index contributed by atoms with van der Waals surface area (Å²) in [6.45, 7) is 3.94. The summed E-state index contributed by atoms with van der Waals surface area (Å²) in [4.78, 5) is 11.3. The number of ether oxygens (including phenoxy) is 1. The topological polar surface area (TPSA) is 50.4 Å². The van der Waals surface area contributed by atoms with Crippen molar-refractivity contribution in [3.8, 4) is 0 Å². The summed E-state index contributed by atoms with van der Waals surface area (Å²) in [5.41, 5.74) is 0. The Morgan fingerprint density at radius 1 is 1.50 bits per heavy atom. The molecule has 16 heavy (non-hydrogen) atoms. The summed E-state index contributed by atoms with van der Waals surface area (Å²) < 4.78 is 4.89. The van der Waals surface area contributed by atoms with E-state index in [1.54, 1.807) is 13.8 Å². The first-order valence-electron chi connectivity index (χ1n) is 5.87. The van der Waals surface area contributed by atoms with E-state index in [0.717, 1.165) is 12.8 Å². The minimum absolute atomic E-state index is 0.266. The lowest BCUT2D eigenvalue weighted by molar-refractivity contribution is -0.144. The molecule has 1 unspecified atom stereocenters. The molecule has 2 N–H and O–H groups in total. The SMILES string of the molecule is CCOC(=O)C(C)NC(=S)NC1CCCC1. The zero-order chi connectivity index (χ0) is 12.0.